The Morgan fingerprint density at radius 3 is 2.64 bits per heavy atom. The minimum Gasteiger partial charge on any atom is -0.525 e. The van der Waals surface area contributed by atoms with Crippen molar-refractivity contribution in [2.75, 3.05) is 0 Å². The second kappa shape index (κ2) is 7.79. The molecule has 0 radical (unpaired) electrons. The molecule has 0 bridgehead atoms. The lowest BCUT2D eigenvalue weighted by molar-refractivity contribution is -0.134. The summed E-state index contributed by atoms with van der Waals surface area (Å²) in [5, 5.41) is 0. The van der Waals surface area contributed by atoms with E-state index in [4.69, 9.17) is 4.43 Å². The standard InChI is InChI=1S/C8H18O2Si/c1-3-5-6-7-8(9)10-11-4-2/h3-7,11H2,1-2H3. The van der Waals surface area contributed by atoms with Crippen LogP contribution in [0.25, 0.3) is 0 Å². The molecule has 66 valence electrons. The van der Waals surface area contributed by atoms with Crippen LogP contribution < -0.4 is 0 Å². The Kier molecular flexibility index (Phi) is 7.57. The molecule has 0 aliphatic carbocycles. The highest BCUT2D eigenvalue weighted by molar-refractivity contribution is 6.30. The third kappa shape index (κ3) is 7.59. The molecular weight excluding hydrogens is 156 g/mol. The summed E-state index contributed by atoms with van der Waals surface area (Å²) < 4.78 is 5.04. The molecule has 0 saturated carbocycles. The van der Waals surface area contributed by atoms with Crippen molar-refractivity contribution < 1.29 is 9.22 Å². The summed E-state index contributed by atoms with van der Waals surface area (Å²) in [6.45, 7) is 4.19. The molecule has 2 nitrogen and oxygen atoms in total. The van der Waals surface area contributed by atoms with E-state index >= 15 is 0 Å². The maximum Gasteiger partial charge on any atom is 0.292 e. The van der Waals surface area contributed by atoms with Crippen LogP contribution in [0.5, 0.6) is 0 Å². The van der Waals surface area contributed by atoms with Crippen LogP contribution in [0, 0.1) is 0 Å². The monoisotopic (exact) mass is 174 g/mol. The third-order valence-corrected chi connectivity index (χ3v) is 2.39. The van der Waals surface area contributed by atoms with E-state index in [1.165, 1.54) is 6.42 Å². The summed E-state index contributed by atoms with van der Waals surface area (Å²) in [4.78, 5) is 10.9. The lowest BCUT2D eigenvalue weighted by Gasteiger charge is -2.01. The summed E-state index contributed by atoms with van der Waals surface area (Å²) in [7, 11) is -0.510. The predicted molar refractivity (Wildman–Crippen MR) is 49.3 cm³/mol. The van der Waals surface area contributed by atoms with Gasteiger partial charge in [-0.3, -0.25) is 4.79 Å². The van der Waals surface area contributed by atoms with E-state index in [-0.39, 0.29) is 5.97 Å². The molecule has 0 rings (SSSR count). The fraction of sp³-hybridized carbons (Fsp3) is 0.875. The summed E-state index contributed by atoms with van der Waals surface area (Å²) >= 11 is 0. The van der Waals surface area contributed by atoms with Crippen LogP contribution in [0.1, 0.15) is 39.5 Å². The number of rotatable bonds is 6. The molecule has 0 saturated heterocycles. The predicted octanol–water partition coefficient (Wildman–Crippen LogP) is 1.63. The van der Waals surface area contributed by atoms with Crippen LogP contribution >= 0.6 is 0 Å². The molecule has 0 fully saturated rings. The first kappa shape index (κ1) is 10.7. The van der Waals surface area contributed by atoms with Gasteiger partial charge >= 0.3 is 0 Å². The highest BCUT2D eigenvalue weighted by atomic mass is 28.2. The van der Waals surface area contributed by atoms with Gasteiger partial charge in [0.15, 0.2) is 0 Å². The third-order valence-electron chi connectivity index (χ3n) is 1.45. The van der Waals surface area contributed by atoms with E-state index < -0.39 is 9.76 Å². The van der Waals surface area contributed by atoms with Gasteiger partial charge in [0.05, 0.1) is 0 Å². The fourth-order valence-electron chi connectivity index (χ4n) is 0.807. The van der Waals surface area contributed by atoms with Crippen molar-refractivity contribution in [3.63, 3.8) is 0 Å². The highest BCUT2D eigenvalue weighted by Crippen LogP contribution is 1.99. The normalized spacial score (nSPS) is 10.7. The molecule has 0 unspecified atom stereocenters. The number of carbonyl (C=O) groups excluding carboxylic acids is 1. The summed E-state index contributed by atoms with van der Waals surface area (Å²) in [5.74, 6) is 0.0203. The Labute approximate surface area is 71.3 Å². The van der Waals surface area contributed by atoms with Crippen LogP contribution in [-0.2, 0) is 9.22 Å². The molecule has 0 atom stereocenters. The van der Waals surface area contributed by atoms with E-state index in [1.54, 1.807) is 0 Å². The average molecular weight is 174 g/mol. The second-order valence-electron chi connectivity index (χ2n) is 2.68. The molecule has 3 heteroatoms. The van der Waals surface area contributed by atoms with Gasteiger partial charge in [-0.2, -0.15) is 0 Å². The second-order valence-corrected chi connectivity index (χ2v) is 4.37. The summed E-state index contributed by atoms with van der Waals surface area (Å²) in [6, 6.07) is 1.06. The highest BCUT2D eigenvalue weighted by Gasteiger charge is 1.99. The van der Waals surface area contributed by atoms with Gasteiger partial charge < -0.3 is 4.43 Å². The van der Waals surface area contributed by atoms with Crippen LogP contribution in [-0.4, -0.2) is 15.7 Å². The topological polar surface area (TPSA) is 26.3 Å². The van der Waals surface area contributed by atoms with Crippen LogP contribution in [0.4, 0.5) is 0 Å². The maximum atomic E-state index is 10.9. The average Bonchev–Trinajstić information content (AvgIpc) is 2.01. The number of hydrogen-bond acceptors (Lipinski definition) is 2. The van der Waals surface area contributed by atoms with Gasteiger partial charge in [-0.25, -0.2) is 0 Å². The van der Waals surface area contributed by atoms with Crippen molar-refractivity contribution in [3.8, 4) is 0 Å². The molecule has 0 amide bonds. The Balaban J connectivity index is 3.09. The number of unbranched alkanes of at least 4 members (excludes halogenated alkanes) is 2. The van der Waals surface area contributed by atoms with Crippen molar-refractivity contribution in [1.29, 1.82) is 0 Å². The van der Waals surface area contributed by atoms with Crippen molar-refractivity contribution in [2.24, 2.45) is 0 Å². The van der Waals surface area contributed by atoms with Crippen molar-refractivity contribution in [1.82, 2.24) is 0 Å². The molecule has 0 spiro atoms. The summed E-state index contributed by atoms with van der Waals surface area (Å²) in [6.07, 6.45) is 3.93. The Bertz CT molecular complexity index is 104. The molecule has 0 heterocycles. The van der Waals surface area contributed by atoms with Crippen LogP contribution in [0.2, 0.25) is 6.04 Å². The fourth-order valence-corrected chi connectivity index (χ4v) is 1.38. The minimum atomic E-state index is -0.510. The molecule has 0 aromatic carbocycles. The van der Waals surface area contributed by atoms with Crippen LogP contribution in [0.3, 0.4) is 0 Å². The minimum absolute atomic E-state index is 0.0203. The van der Waals surface area contributed by atoms with E-state index in [1.807, 2.05) is 0 Å². The lowest BCUT2D eigenvalue weighted by Crippen LogP contribution is -2.06. The largest absolute Gasteiger partial charge is 0.525 e. The van der Waals surface area contributed by atoms with Crippen molar-refractivity contribution >= 4 is 15.7 Å². The number of hydrogen-bond donors (Lipinski definition) is 0. The molecule has 0 N–H and O–H groups in total. The van der Waals surface area contributed by atoms with Crippen molar-refractivity contribution in [2.45, 2.75) is 45.6 Å². The first-order chi connectivity index (χ1) is 5.31. The zero-order valence-electron chi connectivity index (χ0n) is 7.56. The molecule has 0 aliphatic heterocycles. The maximum absolute atomic E-state index is 10.9. The van der Waals surface area contributed by atoms with Gasteiger partial charge in [0, 0.05) is 6.42 Å². The summed E-state index contributed by atoms with van der Waals surface area (Å²) in [5.41, 5.74) is 0. The molecule has 0 aromatic heterocycles. The van der Waals surface area contributed by atoms with Gasteiger partial charge in [-0.15, -0.1) is 0 Å². The van der Waals surface area contributed by atoms with E-state index in [0.717, 1.165) is 18.9 Å². The smallest absolute Gasteiger partial charge is 0.292 e. The molecule has 11 heavy (non-hydrogen) atoms. The van der Waals surface area contributed by atoms with Gasteiger partial charge in [-0.1, -0.05) is 26.7 Å². The Morgan fingerprint density at radius 1 is 1.36 bits per heavy atom. The van der Waals surface area contributed by atoms with Gasteiger partial charge in [-0.05, 0) is 12.5 Å². The van der Waals surface area contributed by atoms with E-state index in [2.05, 4.69) is 13.8 Å². The number of carbonyl (C=O) groups is 1. The van der Waals surface area contributed by atoms with Crippen molar-refractivity contribution in [3.05, 3.63) is 0 Å². The first-order valence-electron chi connectivity index (χ1n) is 4.46. The zero-order valence-corrected chi connectivity index (χ0v) is 8.97. The van der Waals surface area contributed by atoms with Gasteiger partial charge in [0.25, 0.3) is 5.97 Å². The first-order valence-corrected chi connectivity index (χ1v) is 6.04. The zero-order chi connectivity index (χ0) is 8.53. The lowest BCUT2D eigenvalue weighted by atomic mass is 10.2. The molecule has 0 aromatic rings. The van der Waals surface area contributed by atoms with E-state index in [9.17, 15) is 4.79 Å². The molecular formula is C8H18O2Si. The quantitative estimate of drug-likeness (QED) is 0.452. The SMILES string of the molecule is CCCCCC(=O)O[SiH2]CC. The molecule has 0 aliphatic rings. The van der Waals surface area contributed by atoms with E-state index in [0.29, 0.717) is 6.42 Å². The van der Waals surface area contributed by atoms with Gasteiger partial charge in [0.2, 0.25) is 9.76 Å². The van der Waals surface area contributed by atoms with Gasteiger partial charge in [0.1, 0.15) is 0 Å². The Hall–Kier alpha value is -0.313. The van der Waals surface area contributed by atoms with Crippen LogP contribution in [0.15, 0.2) is 0 Å². The Morgan fingerprint density at radius 2 is 2.09 bits per heavy atom.